The van der Waals surface area contributed by atoms with Crippen molar-refractivity contribution in [3.05, 3.63) is 38.2 Å². The van der Waals surface area contributed by atoms with Crippen molar-refractivity contribution >= 4 is 34.7 Å². The SMILES string of the molecule is Cc1nnc(NCCc2ccc(Cl)s2)c(C(=O)O)c1C. The average Bonchev–Trinajstić information content (AvgIpc) is 2.79. The topological polar surface area (TPSA) is 75.1 Å². The van der Waals surface area contributed by atoms with E-state index in [0.717, 1.165) is 15.6 Å². The van der Waals surface area contributed by atoms with Gasteiger partial charge in [0.15, 0.2) is 5.82 Å². The number of aromatic nitrogens is 2. The summed E-state index contributed by atoms with van der Waals surface area (Å²) in [6, 6.07) is 3.80. The molecule has 0 aromatic carbocycles. The molecule has 2 aromatic heterocycles. The van der Waals surface area contributed by atoms with Crippen LogP contribution in [0.25, 0.3) is 0 Å². The summed E-state index contributed by atoms with van der Waals surface area (Å²) in [4.78, 5) is 12.4. The molecule has 0 spiro atoms. The molecule has 0 saturated heterocycles. The molecule has 0 aliphatic carbocycles. The molecule has 5 nitrogen and oxygen atoms in total. The standard InChI is InChI=1S/C13H14ClN3O2S/c1-7-8(2)16-17-12(11(7)13(18)19)15-6-5-9-3-4-10(14)20-9/h3-4H,5-6H2,1-2H3,(H,15,17)(H,18,19). The number of rotatable bonds is 5. The van der Waals surface area contributed by atoms with Crippen LogP contribution in [0.15, 0.2) is 12.1 Å². The molecular weight excluding hydrogens is 298 g/mol. The highest BCUT2D eigenvalue weighted by atomic mass is 35.5. The maximum absolute atomic E-state index is 11.3. The number of hydrogen-bond acceptors (Lipinski definition) is 5. The van der Waals surface area contributed by atoms with E-state index >= 15 is 0 Å². The van der Waals surface area contributed by atoms with E-state index in [2.05, 4.69) is 15.5 Å². The predicted molar refractivity (Wildman–Crippen MR) is 80.0 cm³/mol. The number of nitrogens with zero attached hydrogens (tertiary/aromatic N) is 2. The molecule has 106 valence electrons. The van der Waals surface area contributed by atoms with Gasteiger partial charge in [-0.3, -0.25) is 0 Å². The van der Waals surface area contributed by atoms with Crippen LogP contribution in [-0.2, 0) is 6.42 Å². The number of hydrogen-bond donors (Lipinski definition) is 2. The quantitative estimate of drug-likeness (QED) is 0.887. The molecule has 2 N–H and O–H groups in total. The summed E-state index contributed by atoms with van der Waals surface area (Å²) in [7, 11) is 0. The van der Waals surface area contributed by atoms with Crippen molar-refractivity contribution in [1.29, 1.82) is 0 Å². The van der Waals surface area contributed by atoms with Gasteiger partial charge in [-0.2, -0.15) is 5.10 Å². The van der Waals surface area contributed by atoms with E-state index in [1.807, 2.05) is 12.1 Å². The van der Waals surface area contributed by atoms with Crippen LogP contribution in [0.4, 0.5) is 5.82 Å². The predicted octanol–water partition coefficient (Wildman–Crippen LogP) is 3.16. The Morgan fingerprint density at radius 2 is 2.15 bits per heavy atom. The summed E-state index contributed by atoms with van der Waals surface area (Å²) in [6.07, 6.45) is 0.755. The van der Waals surface area contributed by atoms with Crippen molar-refractivity contribution in [2.45, 2.75) is 20.3 Å². The van der Waals surface area contributed by atoms with Crippen molar-refractivity contribution in [3.63, 3.8) is 0 Å². The number of anilines is 1. The molecule has 2 aromatic rings. The minimum Gasteiger partial charge on any atom is -0.478 e. The summed E-state index contributed by atoms with van der Waals surface area (Å²) >= 11 is 7.37. The second kappa shape index (κ2) is 6.19. The Labute approximate surface area is 125 Å². The molecule has 0 unspecified atom stereocenters. The second-order valence-corrected chi connectivity index (χ2v) is 6.12. The molecule has 7 heteroatoms. The zero-order valence-electron chi connectivity index (χ0n) is 11.1. The lowest BCUT2D eigenvalue weighted by Gasteiger charge is -2.10. The van der Waals surface area contributed by atoms with Crippen molar-refractivity contribution in [2.75, 3.05) is 11.9 Å². The molecule has 0 radical (unpaired) electrons. The lowest BCUT2D eigenvalue weighted by atomic mass is 10.1. The van der Waals surface area contributed by atoms with E-state index in [9.17, 15) is 9.90 Å². The molecule has 0 aliphatic heterocycles. The zero-order valence-corrected chi connectivity index (χ0v) is 12.7. The molecule has 0 fully saturated rings. The lowest BCUT2D eigenvalue weighted by molar-refractivity contribution is 0.0696. The summed E-state index contributed by atoms with van der Waals surface area (Å²) in [5.41, 5.74) is 1.44. The third kappa shape index (κ3) is 3.26. The van der Waals surface area contributed by atoms with Gasteiger partial charge in [-0.05, 0) is 38.0 Å². The normalized spacial score (nSPS) is 10.6. The van der Waals surface area contributed by atoms with Gasteiger partial charge in [0.05, 0.1) is 10.0 Å². The summed E-state index contributed by atoms with van der Waals surface area (Å²) in [5.74, 6) is -0.689. The second-order valence-electron chi connectivity index (χ2n) is 4.32. The summed E-state index contributed by atoms with van der Waals surface area (Å²) < 4.78 is 0.747. The Balaban J connectivity index is 2.09. The minimum absolute atomic E-state index is 0.182. The Hall–Kier alpha value is -1.66. The third-order valence-corrected chi connectivity index (χ3v) is 4.25. The fourth-order valence-electron chi connectivity index (χ4n) is 1.78. The van der Waals surface area contributed by atoms with Gasteiger partial charge in [-0.25, -0.2) is 4.79 Å². The summed E-state index contributed by atoms with van der Waals surface area (Å²) in [5, 5.41) is 20.2. The monoisotopic (exact) mass is 311 g/mol. The first-order valence-corrected chi connectivity index (χ1v) is 7.23. The molecule has 0 amide bonds. The minimum atomic E-state index is -0.998. The van der Waals surface area contributed by atoms with Crippen LogP contribution < -0.4 is 5.32 Å². The van der Waals surface area contributed by atoms with Gasteiger partial charge in [0, 0.05) is 11.4 Å². The van der Waals surface area contributed by atoms with Crippen molar-refractivity contribution in [1.82, 2.24) is 10.2 Å². The van der Waals surface area contributed by atoms with Gasteiger partial charge >= 0.3 is 5.97 Å². The van der Waals surface area contributed by atoms with Crippen LogP contribution in [-0.4, -0.2) is 27.8 Å². The molecule has 2 heterocycles. The Morgan fingerprint density at radius 3 is 2.75 bits per heavy atom. The summed E-state index contributed by atoms with van der Waals surface area (Å²) in [6.45, 7) is 4.05. The maximum Gasteiger partial charge on any atom is 0.339 e. The number of halogens is 1. The van der Waals surface area contributed by atoms with E-state index in [1.165, 1.54) is 11.3 Å². The van der Waals surface area contributed by atoms with Crippen LogP contribution in [0.5, 0.6) is 0 Å². The Morgan fingerprint density at radius 1 is 1.40 bits per heavy atom. The van der Waals surface area contributed by atoms with Crippen molar-refractivity contribution in [3.8, 4) is 0 Å². The van der Waals surface area contributed by atoms with Gasteiger partial charge in [-0.15, -0.1) is 16.4 Å². The maximum atomic E-state index is 11.3. The van der Waals surface area contributed by atoms with Crippen LogP contribution in [0.2, 0.25) is 4.34 Å². The van der Waals surface area contributed by atoms with Crippen LogP contribution >= 0.6 is 22.9 Å². The molecule has 2 rings (SSSR count). The van der Waals surface area contributed by atoms with Gasteiger partial charge in [0.25, 0.3) is 0 Å². The van der Waals surface area contributed by atoms with Gasteiger partial charge in [-0.1, -0.05) is 11.6 Å². The van der Waals surface area contributed by atoms with Crippen molar-refractivity contribution < 1.29 is 9.90 Å². The highest BCUT2D eigenvalue weighted by molar-refractivity contribution is 7.16. The number of carbonyl (C=O) groups is 1. The number of aromatic carboxylic acids is 1. The molecule has 0 aliphatic rings. The molecule has 0 saturated carbocycles. The van der Waals surface area contributed by atoms with Gasteiger partial charge in [0.2, 0.25) is 0 Å². The lowest BCUT2D eigenvalue weighted by Crippen LogP contribution is -2.14. The van der Waals surface area contributed by atoms with E-state index in [4.69, 9.17) is 11.6 Å². The smallest absolute Gasteiger partial charge is 0.339 e. The average molecular weight is 312 g/mol. The third-order valence-electron chi connectivity index (χ3n) is 2.96. The Kier molecular flexibility index (Phi) is 4.57. The number of aryl methyl sites for hydroxylation is 1. The number of carboxylic acids is 1. The largest absolute Gasteiger partial charge is 0.478 e. The van der Waals surface area contributed by atoms with E-state index in [0.29, 0.717) is 23.6 Å². The van der Waals surface area contributed by atoms with Gasteiger partial charge < -0.3 is 10.4 Å². The number of thiophene rings is 1. The zero-order chi connectivity index (χ0) is 14.7. The highest BCUT2D eigenvalue weighted by Crippen LogP contribution is 2.22. The first-order valence-electron chi connectivity index (χ1n) is 6.04. The number of carboxylic acid groups (broad SMARTS) is 1. The molecular formula is C13H14ClN3O2S. The molecule has 20 heavy (non-hydrogen) atoms. The van der Waals surface area contributed by atoms with E-state index < -0.39 is 5.97 Å². The van der Waals surface area contributed by atoms with Crippen LogP contribution in [0, 0.1) is 13.8 Å². The first kappa shape index (κ1) is 14.7. The van der Waals surface area contributed by atoms with E-state index in [1.54, 1.807) is 13.8 Å². The fourth-order valence-corrected chi connectivity index (χ4v) is 2.87. The molecule has 0 bridgehead atoms. The van der Waals surface area contributed by atoms with E-state index in [-0.39, 0.29) is 5.56 Å². The number of nitrogens with one attached hydrogen (secondary N) is 1. The molecule has 0 atom stereocenters. The van der Waals surface area contributed by atoms with Crippen molar-refractivity contribution in [2.24, 2.45) is 0 Å². The Bertz CT molecular complexity index is 643. The highest BCUT2D eigenvalue weighted by Gasteiger charge is 2.17. The van der Waals surface area contributed by atoms with Crippen LogP contribution in [0.1, 0.15) is 26.5 Å². The fraction of sp³-hybridized carbons (Fsp3) is 0.308. The first-order chi connectivity index (χ1) is 9.49. The van der Waals surface area contributed by atoms with Gasteiger partial charge in [0.1, 0.15) is 5.56 Å². The van der Waals surface area contributed by atoms with Crippen LogP contribution in [0.3, 0.4) is 0 Å².